The number of alkyl halides is 3. The van der Waals surface area contributed by atoms with Gasteiger partial charge in [0.25, 0.3) is 5.91 Å². The van der Waals surface area contributed by atoms with Crippen LogP contribution in [0.5, 0.6) is 0 Å². The number of nitrogens with zero attached hydrogens (tertiary/aromatic N) is 2. The Balaban J connectivity index is 1.78. The Morgan fingerprint density at radius 3 is 2.43 bits per heavy atom. The zero-order valence-corrected chi connectivity index (χ0v) is 15.6. The molecule has 1 amide bonds. The number of carbonyl (C=O) groups is 1. The van der Waals surface area contributed by atoms with E-state index >= 15 is 0 Å². The minimum absolute atomic E-state index is 0.0283. The van der Waals surface area contributed by atoms with E-state index < -0.39 is 17.6 Å². The zero-order chi connectivity index (χ0) is 20.1. The maximum Gasteiger partial charge on any atom is 0.418 e. The molecule has 3 rings (SSSR count). The summed E-state index contributed by atoms with van der Waals surface area (Å²) in [6, 6.07) is 6.64. The highest BCUT2D eigenvalue weighted by Gasteiger charge is 2.33. The topological polar surface area (TPSA) is 66.9 Å². The summed E-state index contributed by atoms with van der Waals surface area (Å²) in [7, 11) is 0. The summed E-state index contributed by atoms with van der Waals surface area (Å²) in [5.74, 6) is 0.202. The van der Waals surface area contributed by atoms with Gasteiger partial charge in [0.15, 0.2) is 0 Å². The fourth-order valence-electron chi connectivity index (χ4n) is 3.42. The first-order valence-electron chi connectivity index (χ1n) is 9.43. The number of amides is 1. The Kier molecular flexibility index (Phi) is 6.16. The summed E-state index contributed by atoms with van der Waals surface area (Å²) >= 11 is 0. The highest BCUT2D eigenvalue weighted by molar-refractivity contribution is 6.03. The number of rotatable bonds is 4. The van der Waals surface area contributed by atoms with Crippen LogP contribution in [0.15, 0.2) is 30.3 Å². The molecule has 1 aliphatic rings. The largest absolute Gasteiger partial charge is 0.418 e. The molecule has 1 aliphatic carbocycles. The third-order valence-corrected chi connectivity index (χ3v) is 4.76. The van der Waals surface area contributed by atoms with Crippen molar-refractivity contribution in [2.24, 2.45) is 0 Å². The number of carbonyl (C=O) groups excluding carboxylic acids is 1. The van der Waals surface area contributed by atoms with Gasteiger partial charge in [-0.3, -0.25) is 4.79 Å². The average Bonchev–Trinajstić information content (AvgIpc) is 2.89. The van der Waals surface area contributed by atoms with E-state index in [1.807, 2.05) is 0 Å². The zero-order valence-electron chi connectivity index (χ0n) is 15.6. The Bertz CT molecular complexity index is 830. The van der Waals surface area contributed by atoms with Crippen LogP contribution < -0.4 is 10.6 Å². The van der Waals surface area contributed by atoms with Crippen LogP contribution in [0.1, 0.15) is 60.4 Å². The minimum Gasteiger partial charge on any atom is -0.367 e. The lowest BCUT2D eigenvalue weighted by atomic mass is 10.1. The van der Waals surface area contributed by atoms with Crippen LogP contribution in [0.25, 0.3) is 0 Å². The van der Waals surface area contributed by atoms with Gasteiger partial charge in [0, 0.05) is 12.1 Å². The lowest BCUT2D eigenvalue weighted by molar-refractivity contribution is -0.136. The van der Waals surface area contributed by atoms with Gasteiger partial charge in [-0.15, -0.1) is 0 Å². The predicted molar refractivity (Wildman–Crippen MR) is 101 cm³/mol. The van der Waals surface area contributed by atoms with Crippen LogP contribution in [-0.4, -0.2) is 21.9 Å². The predicted octanol–water partition coefficient (Wildman–Crippen LogP) is 5.19. The normalized spacial score (nSPS) is 15.7. The van der Waals surface area contributed by atoms with Crippen molar-refractivity contribution < 1.29 is 18.0 Å². The molecule has 1 aromatic carbocycles. The monoisotopic (exact) mass is 392 g/mol. The molecule has 150 valence electrons. The standard InChI is InChI=1S/C20H23F3N4O/c1-13-24-17(12-18(25-13)26-14-8-4-2-3-5-9-14)19(28)27-16-11-7-6-10-15(16)20(21,22)23/h6-7,10-12,14H,2-5,8-9H2,1H3,(H,27,28)(H,24,25,26). The molecule has 0 radical (unpaired) electrons. The first kappa shape index (κ1) is 20.1. The van der Waals surface area contributed by atoms with Gasteiger partial charge < -0.3 is 10.6 Å². The van der Waals surface area contributed by atoms with Crippen LogP contribution in [0.3, 0.4) is 0 Å². The molecule has 5 nitrogen and oxygen atoms in total. The van der Waals surface area contributed by atoms with E-state index in [2.05, 4.69) is 20.6 Å². The van der Waals surface area contributed by atoms with Crippen LogP contribution in [0.4, 0.5) is 24.7 Å². The molecule has 1 fully saturated rings. The van der Waals surface area contributed by atoms with Gasteiger partial charge in [-0.1, -0.05) is 37.8 Å². The van der Waals surface area contributed by atoms with Crippen LogP contribution >= 0.6 is 0 Å². The van der Waals surface area contributed by atoms with E-state index in [1.165, 1.54) is 37.1 Å². The molecule has 0 unspecified atom stereocenters. The quantitative estimate of drug-likeness (QED) is 0.703. The molecule has 0 atom stereocenters. The first-order chi connectivity index (χ1) is 13.3. The second-order valence-corrected chi connectivity index (χ2v) is 7.02. The average molecular weight is 392 g/mol. The maximum atomic E-state index is 13.1. The van der Waals surface area contributed by atoms with E-state index in [4.69, 9.17) is 0 Å². The minimum atomic E-state index is -4.56. The summed E-state index contributed by atoms with van der Waals surface area (Å²) in [5, 5.41) is 5.67. The van der Waals surface area contributed by atoms with Crippen molar-refractivity contribution >= 4 is 17.4 Å². The first-order valence-corrected chi connectivity index (χ1v) is 9.43. The van der Waals surface area contributed by atoms with E-state index in [0.717, 1.165) is 31.7 Å². The Hall–Kier alpha value is -2.64. The van der Waals surface area contributed by atoms with Gasteiger partial charge in [-0.2, -0.15) is 13.2 Å². The molecule has 1 saturated carbocycles. The van der Waals surface area contributed by atoms with Crippen molar-refractivity contribution in [3.05, 3.63) is 47.4 Å². The lowest BCUT2D eigenvalue weighted by Gasteiger charge is -2.18. The van der Waals surface area contributed by atoms with Gasteiger partial charge in [-0.05, 0) is 31.9 Å². The second-order valence-electron chi connectivity index (χ2n) is 7.02. The Labute approximate surface area is 161 Å². The van der Waals surface area contributed by atoms with Gasteiger partial charge in [0.1, 0.15) is 17.3 Å². The molecule has 1 aromatic heterocycles. The maximum absolute atomic E-state index is 13.1. The van der Waals surface area contributed by atoms with Crippen LogP contribution in [0.2, 0.25) is 0 Å². The number of benzene rings is 1. The smallest absolute Gasteiger partial charge is 0.367 e. The summed E-state index contributed by atoms with van der Waals surface area (Å²) < 4.78 is 39.4. The Morgan fingerprint density at radius 1 is 1.07 bits per heavy atom. The van der Waals surface area contributed by atoms with Crippen LogP contribution in [0, 0.1) is 6.92 Å². The molecule has 1 heterocycles. The molecule has 0 spiro atoms. The molecule has 2 N–H and O–H groups in total. The van der Waals surface area contributed by atoms with E-state index in [0.29, 0.717) is 11.6 Å². The van der Waals surface area contributed by atoms with Gasteiger partial charge >= 0.3 is 6.18 Å². The van der Waals surface area contributed by atoms with Gasteiger partial charge in [0.05, 0.1) is 11.3 Å². The molecule has 0 bridgehead atoms. The molecular formula is C20H23F3N4O. The molecular weight excluding hydrogens is 369 g/mol. The SMILES string of the molecule is Cc1nc(NC2CCCCCC2)cc(C(=O)Nc2ccccc2C(F)(F)F)n1. The fraction of sp³-hybridized carbons (Fsp3) is 0.450. The number of halogens is 3. The number of nitrogens with one attached hydrogen (secondary N) is 2. The summed E-state index contributed by atoms with van der Waals surface area (Å²) in [5.41, 5.74) is -1.17. The number of aromatic nitrogens is 2. The lowest BCUT2D eigenvalue weighted by Crippen LogP contribution is -2.22. The number of aryl methyl sites for hydroxylation is 1. The third kappa shape index (κ3) is 5.21. The Morgan fingerprint density at radius 2 is 1.75 bits per heavy atom. The number of hydrogen-bond donors (Lipinski definition) is 2. The van der Waals surface area contributed by atoms with E-state index in [-0.39, 0.29) is 17.4 Å². The van der Waals surface area contributed by atoms with Crippen molar-refractivity contribution in [2.75, 3.05) is 10.6 Å². The van der Waals surface area contributed by atoms with Crippen LogP contribution in [-0.2, 0) is 6.18 Å². The highest BCUT2D eigenvalue weighted by atomic mass is 19.4. The van der Waals surface area contributed by atoms with Crippen molar-refractivity contribution in [1.29, 1.82) is 0 Å². The molecule has 8 heteroatoms. The van der Waals surface area contributed by atoms with Crippen molar-refractivity contribution in [3.8, 4) is 0 Å². The molecule has 0 saturated heterocycles. The third-order valence-electron chi connectivity index (χ3n) is 4.76. The van der Waals surface area contributed by atoms with Crippen molar-refractivity contribution in [3.63, 3.8) is 0 Å². The van der Waals surface area contributed by atoms with Gasteiger partial charge in [0.2, 0.25) is 0 Å². The molecule has 2 aromatic rings. The second kappa shape index (κ2) is 8.58. The fourth-order valence-corrected chi connectivity index (χ4v) is 3.42. The van der Waals surface area contributed by atoms with Gasteiger partial charge in [-0.25, -0.2) is 9.97 Å². The highest BCUT2D eigenvalue weighted by Crippen LogP contribution is 2.34. The number of anilines is 2. The summed E-state index contributed by atoms with van der Waals surface area (Å²) in [6.07, 6.45) is 2.22. The number of hydrogen-bond acceptors (Lipinski definition) is 4. The number of para-hydroxylation sites is 1. The van der Waals surface area contributed by atoms with E-state index in [1.54, 1.807) is 6.92 Å². The van der Waals surface area contributed by atoms with Crippen molar-refractivity contribution in [2.45, 2.75) is 57.7 Å². The summed E-state index contributed by atoms with van der Waals surface area (Å²) in [6.45, 7) is 1.65. The molecule has 0 aliphatic heterocycles. The van der Waals surface area contributed by atoms with Crippen molar-refractivity contribution in [1.82, 2.24) is 9.97 Å². The van der Waals surface area contributed by atoms with E-state index in [9.17, 15) is 18.0 Å². The summed E-state index contributed by atoms with van der Waals surface area (Å²) in [4.78, 5) is 21.0. The molecule has 28 heavy (non-hydrogen) atoms.